The van der Waals surface area contributed by atoms with Crippen molar-refractivity contribution in [3.63, 3.8) is 0 Å². The van der Waals surface area contributed by atoms with Crippen molar-refractivity contribution >= 4 is 24.1 Å². The molecule has 0 radical (unpaired) electrons. The average Bonchev–Trinajstić information content (AvgIpc) is 2.75. The molecule has 0 spiro atoms. The number of nitrogens with one attached hydrogen (secondary N) is 2. The second-order valence-corrected chi connectivity index (χ2v) is 7.09. The molecule has 1 atom stereocenters. The van der Waals surface area contributed by atoms with Gasteiger partial charge in [0.25, 0.3) is 5.91 Å². The van der Waals surface area contributed by atoms with Crippen LogP contribution in [0.15, 0.2) is 29.7 Å². The molecule has 28 heavy (non-hydrogen) atoms. The predicted molar refractivity (Wildman–Crippen MR) is 100 cm³/mol. The third-order valence-corrected chi connectivity index (χ3v) is 5.14. The maximum Gasteiger partial charge on any atom is 0.270 e. The van der Waals surface area contributed by atoms with Crippen LogP contribution in [0.1, 0.15) is 41.7 Å². The molecule has 3 heterocycles. The monoisotopic (exact) mass is 382 g/mol. The highest BCUT2D eigenvalue weighted by Gasteiger charge is 2.25. The third-order valence-electron chi connectivity index (χ3n) is 5.14. The summed E-state index contributed by atoms with van der Waals surface area (Å²) in [6.07, 6.45) is 5.27. The fourth-order valence-corrected chi connectivity index (χ4v) is 3.45. The molecule has 2 aliphatic heterocycles. The Morgan fingerprint density at radius 1 is 1.25 bits per heavy atom. The molecular formula is C20H22N4O4. The fraction of sp³-hybridized carbons (Fsp3) is 0.450. The van der Waals surface area contributed by atoms with Crippen molar-refractivity contribution < 1.29 is 19.2 Å². The number of carbonyl (C=O) groups is 2. The van der Waals surface area contributed by atoms with E-state index < -0.39 is 11.9 Å². The number of allylic oxidation sites excluding steroid dienone is 1. The number of aromatic nitrogens is 1. The standard InChI is InChI=1S/C20H22N4O4/c25-11-14-5-7-24(8-6-14)10-15-1-3-18(21-9-15)20(28)23-17-4-2-16(12-26)22-19(17)13-27/h1,3,9,11,14,17,22H,2,4-8,10H2,(H,23,28). The smallest absolute Gasteiger partial charge is 0.270 e. The number of aldehydes is 1. The zero-order valence-corrected chi connectivity index (χ0v) is 15.4. The first-order valence-electron chi connectivity index (χ1n) is 9.32. The van der Waals surface area contributed by atoms with Gasteiger partial charge in [0.2, 0.25) is 0 Å². The van der Waals surface area contributed by atoms with E-state index in [0.717, 1.165) is 44.3 Å². The van der Waals surface area contributed by atoms with E-state index in [1.54, 1.807) is 24.1 Å². The van der Waals surface area contributed by atoms with Gasteiger partial charge in [-0.1, -0.05) is 6.07 Å². The topological polar surface area (TPSA) is 108 Å². The van der Waals surface area contributed by atoms with Crippen molar-refractivity contribution in [2.45, 2.75) is 38.3 Å². The summed E-state index contributed by atoms with van der Waals surface area (Å²) >= 11 is 0. The van der Waals surface area contributed by atoms with Gasteiger partial charge in [-0.3, -0.25) is 14.7 Å². The summed E-state index contributed by atoms with van der Waals surface area (Å²) in [6.45, 7) is 2.47. The maximum absolute atomic E-state index is 12.4. The van der Waals surface area contributed by atoms with Crippen LogP contribution < -0.4 is 10.6 Å². The first-order valence-corrected chi connectivity index (χ1v) is 9.32. The van der Waals surface area contributed by atoms with Crippen molar-refractivity contribution in [1.82, 2.24) is 20.5 Å². The number of piperidine rings is 2. The number of pyridine rings is 1. The second-order valence-electron chi connectivity index (χ2n) is 7.09. The van der Waals surface area contributed by atoms with Gasteiger partial charge in [-0.25, -0.2) is 9.59 Å². The van der Waals surface area contributed by atoms with E-state index in [1.807, 2.05) is 6.07 Å². The zero-order valence-electron chi connectivity index (χ0n) is 15.4. The molecule has 146 valence electrons. The summed E-state index contributed by atoms with van der Waals surface area (Å²) in [5, 5.41) is 5.39. The first kappa shape index (κ1) is 19.7. The van der Waals surface area contributed by atoms with Crippen LogP contribution in [0.25, 0.3) is 0 Å². The van der Waals surface area contributed by atoms with Gasteiger partial charge >= 0.3 is 0 Å². The van der Waals surface area contributed by atoms with E-state index in [2.05, 4.69) is 20.5 Å². The van der Waals surface area contributed by atoms with Crippen LogP contribution >= 0.6 is 0 Å². The molecule has 3 rings (SSSR count). The van der Waals surface area contributed by atoms with E-state index in [9.17, 15) is 19.2 Å². The molecular weight excluding hydrogens is 360 g/mol. The highest BCUT2D eigenvalue weighted by Crippen LogP contribution is 2.18. The van der Waals surface area contributed by atoms with Crippen molar-refractivity contribution in [3.8, 4) is 0 Å². The normalized spacial score (nSPS) is 20.6. The lowest BCUT2D eigenvalue weighted by Gasteiger charge is -2.29. The third kappa shape index (κ3) is 4.81. The molecule has 1 amide bonds. The Morgan fingerprint density at radius 3 is 2.64 bits per heavy atom. The molecule has 0 bridgehead atoms. The Bertz CT molecular complexity index is 830. The van der Waals surface area contributed by atoms with Gasteiger partial charge in [0.05, 0.1) is 6.04 Å². The van der Waals surface area contributed by atoms with Crippen molar-refractivity contribution in [2.75, 3.05) is 13.1 Å². The van der Waals surface area contributed by atoms with Gasteiger partial charge in [-0.15, -0.1) is 0 Å². The molecule has 1 aromatic rings. The minimum Gasteiger partial charge on any atom is -0.342 e. The molecule has 2 aliphatic rings. The maximum atomic E-state index is 12.4. The summed E-state index contributed by atoms with van der Waals surface area (Å²) < 4.78 is 0. The van der Waals surface area contributed by atoms with Crippen LogP contribution in [0, 0.1) is 5.92 Å². The van der Waals surface area contributed by atoms with E-state index >= 15 is 0 Å². The van der Waals surface area contributed by atoms with Gasteiger partial charge in [-0.2, -0.15) is 0 Å². The Hall–Kier alpha value is -3.05. The lowest BCUT2D eigenvalue weighted by molar-refractivity contribution is -0.112. The number of hydrogen-bond donors (Lipinski definition) is 2. The Labute approximate surface area is 162 Å². The molecule has 1 aromatic heterocycles. The quantitative estimate of drug-likeness (QED) is 0.561. The van der Waals surface area contributed by atoms with Crippen LogP contribution in [0.2, 0.25) is 0 Å². The minimum atomic E-state index is -0.539. The van der Waals surface area contributed by atoms with Crippen molar-refractivity contribution in [2.24, 2.45) is 5.92 Å². The minimum absolute atomic E-state index is 0.119. The zero-order chi connectivity index (χ0) is 19.9. The van der Waals surface area contributed by atoms with E-state index in [0.29, 0.717) is 12.8 Å². The molecule has 2 N–H and O–H groups in total. The molecule has 8 heteroatoms. The van der Waals surface area contributed by atoms with Crippen LogP contribution in [0.5, 0.6) is 0 Å². The Kier molecular flexibility index (Phi) is 6.50. The number of nitrogens with zero attached hydrogens (tertiary/aromatic N) is 2. The number of amides is 1. The van der Waals surface area contributed by atoms with Gasteiger partial charge in [0.15, 0.2) is 0 Å². The summed E-state index contributed by atoms with van der Waals surface area (Å²) in [6, 6.07) is 2.97. The summed E-state index contributed by atoms with van der Waals surface area (Å²) in [7, 11) is 0. The first-order chi connectivity index (χ1) is 13.6. The molecule has 8 nitrogen and oxygen atoms in total. The van der Waals surface area contributed by atoms with Crippen LogP contribution in [0.3, 0.4) is 0 Å². The van der Waals surface area contributed by atoms with Crippen LogP contribution in [-0.4, -0.2) is 53.1 Å². The van der Waals surface area contributed by atoms with Crippen molar-refractivity contribution in [3.05, 3.63) is 41.0 Å². The second kappa shape index (κ2) is 9.24. The highest BCUT2D eigenvalue weighted by atomic mass is 16.2. The largest absolute Gasteiger partial charge is 0.342 e. The SMILES string of the molecule is O=C=C1CCC(NC(=O)c2ccc(CN3CCC(C=O)CC3)cn2)C(=C=O)N1. The number of likely N-dealkylation sites (tertiary alicyclic amines) is 1. The molecule has 0 aromatic carbocycles. The molecule has 2 fully saturated rings. The number of carbonyl (C=O) groups excluding carboxylic acids is 4. The van der Waals surface area contributed by atoms with Gasteiger partial charge in [0, 0.05) is 25.1 Å². The Balaban J connectivity index is 1.56. The van der Waals surface area contributed by atoms with Gasteiger partial charge in [0.1, 0.15) is 35.3 Å². The lowest BCUT2D eigenvalue weighted by atomic mass is 9.98. The molecule has 0 aliphatic carbocycles. The summed E-state index contributed by atoms with van der Waals surface area (Å²) in [5.41, 5.74) is 1.65. The molecule has 1 unspecified atom stereocenters. The van der Waals surface area contributed by atoms with E-state index in [4.69, 9.17) is 0 Å². The number of hydrogen-bond acceptors (Lipinski definition) is 7. The molecule has 0 saturated carbocycles. The molecule has 2 saturated heterocycles. The predicted octanol–water partition coefficient (Wildman–Crippen LogP) is 0.405. The van der Waals surface area contributed by atoms with Crippen molar-refractivity contribution in [1.29, 1.82) is 0 Å². The van der Waals surface area contributed by atoms with Crippen LogP contribution in [-0.2, 0) is 20.9 Å². The van der Waals surface area contributed by atoms with Gasteiger partial charge in [-0.05, 0) is 44.0 Å². The van der Waals surface area contributed by atoms with E-state index in [1.165, 1.54) is 0 Å². The summed E-state index contributed by atoms with van der Waals surface area (Å²) in [4.78, 5) is 51.5. The Morgan fingerprint density at radius 2 is 2.04 bits per heavy atom. The number of rotatable bonds is 5. The summed E-state index contributed by atoms with van der Waals surface area (Å²) in [5.74, 6) is 3.23. The van der Waals surface area contributed by atoms with Crippen LogP contribution in [0.4, 0.5) is 0 Å². The average molecular weight is 382 g/mol. The van der Waals surface area contributed by atoms with E-state index in [-0.39, 0.29) is 23.0 Å². The van der Waals surface area contributed by atoms with Gasteiger partial charge < -0.3 is 15.4 Å². The lowest BCUT2D eigenvalue weighted by Crippen LogP contribution is -2.43. The fourth-order valence-electron chi connectivity index (χ4n) is 3.45. The highest BCUT2D eigenvalue weighted by molar-refractivity contribution is 5.92.